The number of phenolic OH excluding ortho intramolecular Hbond substituents is 2. The van der Waals surface area contributed by atoms with Crippen LogP contribution in [-0.2, 0) is 10.1 Å². The molecule has 1 aromatic heterocycles. The fourth-order valence-corrected chi connectivity index (χ4v) is 4.36. The number of carbonyl (C=O) groups excluding carboxylic acids is 1. The first-order valence-corrected chi connectivity index (χ1v) is 8.46. The summed E-state index contributed by atoms with van der Waals surface area (Å²) in [4.78, 5) is 15.1. The van der Waals surface area contributed by atoms with Gasteiger partial charge in [0.2, 0.25) is 0 Å². The number of rotatable bonds is 2. The van der Waals surface area contributed by atoms with Crippen LogP contribution < -0.4 is 0 Å². The maximum absolute atomic E-state index is 12.7. The molecule has 1 fully saturated rings. The average Bonchev–Trinajstić information content (AvgIpc) is 2.85. The summed E-state index contributed by atoms with van der Waals surface area (Å²) >= 11 is 4.75. The molecule has 0 unspecified atom stereocenters. The van der Waals surface area contributed by atoms with Crippen LogP contribution >= 0.6 is 27.3 Å². The number of hydrogen-bond donors (Lipinski definition) is 2. The lowest BCUT2D eigenvalue weighted by Crippen LogP contribution is -2.40. The third kappa shape index (κ3) is 2.61. The summed E-state index contributed by atoms with van der Waals surface area (Å²) in [7, 11) is 0. The van der Waals surface area contributed by atoms with E-state index in [0.717, 1.165) is 15.6 Å². The van der Waals surface area contributed by atoms with Crippen molar-refractivity contribution in [2.24, 2.45) is 0 Å². The van der Waals surface area contributed by atoms with Crippen molar-refractivity contribution in [3.05, 3.63) is 22.6 Å². The Bertz CT molecular complexity index is 694. The van der Waals surface area contributed by atoms with Gasteiger partial charge in [-0.05, 0) is 11.6 Å². The summed E-state index contributed by atoms with van der Waals surface area (Å²) < 4.78 is 6.06. The van der Waals surface area contributed by atoms with Gasteiger partial charge in [0, 0.05) is 34.6 Å². The van der Waals surface area contributed by atoms with Crippen molar-refractivity contribution in [2.75, 3.05) is 26.3 Å². The molecule has 0 spiro atoms. The highest BCUT2D eigenvalue weighted by Gasteiger charge is 2.24. The van der Waals surface area contributed by atoms with Gasteiger partial charge in [-0.3, -0.25) is 4.79 Å². The van der Waals surface area contributed by atoms with Gasteiger partial charge in [0.05, 0.1) is 18.1 Å². The minimum atomic E-state index is -0.173. The second-order valence-corrected chi connectivity index (χ2v) is 6.40. The number of benzene rings is 1. The first kappa shape index (κ1) is 14.6. The van der Waals surface area contributed by atoms with Gasteiger partial charge in [0.15, 0.2) is 11.5 Å². The Morgan fingerprint density at radius 1 is 1.29 bits per heavy atom. The van der Waals surface area contributed by atoms with E-state index in [1.165, 1.54) is 23.5 Å². The van der Waals surface area contributed by atoms with Gasteiger partial charge in [-0.25, -0.2) is 0 Å². The highest BCUT2D eigenvalue weighted by molar-refractivity contribution is 9.08. The lowest BCUT2D eigenvalue weighted by Gasteiger charge is -2.26. The molecule has 21 heavy (non-hydrogen) atoms. The van der Waals surface area contributed by atoms with Crippen molar-refractivity contribution in [3.63, 3.8) is 0 Å². The molecule has 5 nitrogen and oxygen atoms in total. The van der Waals surface area contributed by atoms with E-state index in [0.29, 0.717) is 36.5 Å². The monoisotopic (exact) mass is 371 g/mol. The molecule has 3 rings (SSSR count). The third-order valence-electron chi connectivity index (χ3n) is 3.51. The van der Waals surface area contributed by atoms with Crippen molar-refractivity contribution in [3.8, 4) is 11.5 Å². The average molecular weight is 372 g/mol. The number of aromatic hydroxyl groups is 2. The first-order valence-electron chi connectivity index (χ1n) is 6.52. The molecule has 0 bridgehead atoms. The van der Waals surface area contributed by atoms with Crippen molar-refractivity contribution in [1.29, 1.82) is 0 Å². The largest absolute Gasteiger partial charge is 0.504 e. The van der Waals surface area contributed by atoms with E-state index in [4.69, 9.17) is 4.74 Å². The number of fused-ring (bicyclic) bond motifs is 1. The number of phenols is 2. The zero-order valence-corrected chi connectivity index (χ0v) is 13.5. The van der Waals surface area contributed by atoms with Gasteiger partial charge < -0.3 is 19.8 Å². The zero-order valence-electron chi connectivity index (χ0n) is 11.1. The van der Waals surface area contributed by atoms with Gasteiger partial charge in [-0.15, -0.1) is 11.3 Å². The molecule has 1 saturated heterocycles. The van der Waals surface area contributed by atoms with E-state index in [2.05, 4.69) is 15.9 Å². The molecule has 1 amide bonds. The lowest BCUT2D eigenvalue weighted by atomic mass is 10.1. The molecule has 2 N–H and O–H groups in total. The number of carbonyl (C=O) groups is 1. The second-order valence-electron chi connectivity index (χ2n) is 4.79. The molecule has 1 aliphatic heterocycles. The summed E-state index contributed by atoms with van der Waals surface area (Å²) in [6.45, 7) is 2.29. The van der Waals surface area contributed by atoms with Crippen LogP contribution in [0.1, 0.15) is 15.2 Å². The fraction of sp³-hybridized carbons (Fsp3) is 0.357. The van der Waals surface area contributed by atoms with Crippen molar-refractivity contribution in [2.45, 2.75) is 5.33 Å². The molecular weight excluding hydrogens is 358 g/mol. The molecule has 112 valence electrons. The first-order chi connectivity index (χ1) is 10.1. The Kier molecular flexibility index (Phi) is 4.05. The molecule has 1 aliphatic rings. The van der Waals surface area contributed by atoms with Gasteiger partial charge in [0.1, 0.15) is 0 Å². The van der Waals surface area contributed by atoms with E-state index >= 15 is 0 Å². The fourth-order valence-electron chi connectivity index (χ4n) is 2.39. The Hall–Kier alpha value is -1.31. The molecule has 7 heteroatoms. The number of halogens is 1. The number of thiophene rings is 1. The highest BCUT2D eigenvalue weighted by Crippen LogP contribution is 2.39. The van der Waals surface area contributed by atoms with Crippen LogP contribution in [0.5, 0.6) is 11.5 Å². The number of nitrogens with zero attached hydrogens (tertiary/aromatic N) is 1. The van der Waals surface area contributed by atoms with Gasteiger partial charge in [-0.1, -0.05) is 15.9 Å². The second kappa shape index (κ2) is 5.82. The third-order valence-corrected chi connectivity index (χ3v) is 5.26. The highest BCUT2D eigenvalue weighted by atomic mass is 79.9. The van der Waals surface area contributed by atoms with Crippen LogP contribution in [0.2, 0.25) is 0 Å². The molecule has 0 atom stereocenters. The number of alkyl halides is 1. The quantitative estimate of drug-likeness (QED) is 0.628. The number of amides is 1. The lowest BCUT2D eigenvalue weighted by molar-refractivity contribution is 0.0305. The summed E-state index contributed by atoms with van der Waals surface area (Å²) in [6.07, 6.45) is 0. The van der Waals surface area contributed by atoms with Crippen molar-refractivity contribution in [1.82, 2.24) is 4.90 Å². The number of hydrogen-bond acceptors (Lipinski definition) is 5. The molecule has 2 heterocycles. The Balaban J connectivity index is 2.07. The Morgan fingerprint density at radius 3 is 2.62 bits per heavy atom. The van der Waals surface area contributed by atoms with E-state index in [1.54, 1.807) is 4.90 Å². The van der Waals surface area contributed by atoms with Crippen LogP contribution in [0.25, 0.3) is 10.1 Å². The standard InChI is InChI=1S/C14H14BrNO4S/c15-7-9-8-5-10(17)11(18)6-12(8)21-13(9)14(19)16-1-3-20-4-2-16/h5-6,17-18H,1-4,7H2. The van der Waals surface area contributed by atoms with Gasteiger partial charge in [-0.2, -0.15) is 0 Å². The van der Waals surface area contributed by atoms with Crippen LogP contribution in [0, 0.1) is 0 Å². The van der Waals surface area contributed by atoms with Crippen LogP contribution in [0.4, 0.5) is 0 Å². The predicted octanol–water partition coefficient (Wildman–Crippen LogP) is 2.68. The summed E-state index contributed by atoms with van der Waals surface area (Å²) in [5.41, 5.74) is 0.849. The zero-order chi connectivity index (χ0) is 15.0. The number of morpholine rings is 1. The molecule has 0 saturated carbocycles. The molecule has 1 aromatic carbocycles. The van der Waals surface area contributed by atoms with Crippen molar-refractivity contribution < 1.29 is 19.7 Å². The van der Waals surface area contributed by atoms with Gasteiger partial charge >= 0.3 is 0 Å². The molecule has 0 aliphatic carbocycles. The molecule has 0 radical (unpaired) electrons. The van der Waals surface area contributed by atoms with Gasteiger partial charge in [0.25, 0.3) is 5.91 Å². The smallest absolute Gasteiger partial charge is 0.264 e. The molecule has 2 aromatic rings. The normalized spacial score (nSPS) is 15.6. The topological polar surface area (TPSA) is 70.0 Å². The predicted molar refractivity (Wildman–Crippen MR) is 84.5 cm³/mol. The summed E-state index contributed by atoms with van der Waals surface area (Å²) in [5, 5.41) is 20.6. The minimum absolute atomic E-state index is 0.0204. The SMILES string of the molecule is O=C(c1sc2cc(O)c(O)cc2c1CBr)N1CCOCC1. The van der Waals surface area contributed by atoms with E-state index in [1.807, 2.05) is 0 Å². The summed E-state index contributed by atoms with van der Waals surface area (Å²) in [6, 6.07) is 3.01. The summed E-state index contributed by atoms with van der Waals surface area (Å²) in [5.74, 6) is -0.365. The van der Waals surface area contributed by atoms with Crippen LogP contribution in [-0.4, -0.2) is 47.3 Å². The number of ether oxygens (including phenoxy) is 1. The van der Waals surface area contributed by atoms with E-state index in [9.17, 15) is 15.0 Å². The Labute approximate surface area is 133 Å². The van der Waals surface area contributed by atoms with Crippen molar-refractivity contribution >= 4 is 43.3 Å². The van der Waals surface area contributed by atoms with Crippen LogP contribution in [0.15, 0.2) is 12.1 Å². The molecular formula is C14H14BrNO4S. The maximum atomic E-state index is 12.7. The Morgan fingerprint density at radius 2 is 1.95 bits per heavy atom. The van der Waals surface area contributed by atoms with E-state index in [-0.39, 0.29) is 17.4 Å². The van der Waals surface area contributed by atoms with E-state index < -0.39 is 0 Å². The maximum Gasteiger partial charge on any atom is 0.264 e. The minimum Gasteiger partial charge on any atom is -0.504 e. The van der Waals surface area contributed by atoms with Crippen LogP contribution in [0.3, 0.4) is 0 Å².